The van der Waals surface area contributed by atoms with E-state index in [-0.39, 0.29) is 0 Å². The van der Waals surface area contributed by atoms with Crippen LogP contribution in [0.3, 0.4) is 0 Å². The first-order chi connectivity index (χ1) is 6.27. The number of hydrogen-bond acceptors (Lipinski definition) is 3. The third kappa shape index (κ3) is 1.71. The highest BCUT2D eigenvalue weighted by molar-refractivity contribution is 7.13. The van der Waals surface area contributed by atoms with Gasteiger partial charge in [-0.3, -0.25) is 0 Å². The van der Waals surface area contributed by atoms with Gasteiger partial charge in [-0.15, -0.1) is 11.3 Å². The third-order valence-corrected chi connectivity index (χ3v) is 2.90. The fourth-order valence-electron chi connectivity index (χ4n) is 0.946. The second kappa shape index (κ2) is 3.44. The smallest absolute Gasteiger partial charge is 0.170 e. The monoisotopic (exact) mass is 210 g/mol. The van der Waals surface area contributed by atoms with Crippen molar-refractivity contribution < 1.29 is 0 Å². The van der Waals surface area contributed by atoms with Gasteiger partial charge >= 0.3 is 0 Å². The SMILES string of the molecule is Cc1cnc(-c2cccs2)nc1Cl. The normalized spacial score (nSPS) is 10.3. The number of thiophene rings is 1. The molecule has 0 N–H and O–H groups in total. The van der Waals surface area contributed by atoms with Crippen LogP contribution in [0, 0.1) is 6.92 Å². The van der Waals surface area contributed by atoms with Gasteiger partial charge in [0.15, 0.2) is 5.82 Å². The molecular formula is C9H7ClN2S. The Bertz CT molecular complexity index is 412. The van der Waals surface area contributed by atoms with E-state index in [0.29, 0.717) is 11.0 Å². The molecule has 0 aliphatic rings. The van der Waals surface area contributed by atoms with Gasteiger partial charge in [0.1, 0.15) is 5.15 Å². The van der Waals surface area contributed by atoms with Gasteiger partial charge in [0.25, 0.3) is 0 Å². The lowest BCUT2D eigenvalue weighted by Gasteiger charge is -1.98. The molecule has 2 aromatic rings. The maximum absolute atomic E-state index is 5.88. The topological polar surface area (TPSA) is 25.8 Å². The molecule has 0 atom stereocenters. The van der Waals surface area contributed by atoms with Crippen molar-refractivity contribution in [2.24, 2.45) is 0 Å². The highest BCUT2D eigenvalue weighted by atomic mass is 35.5. The number of rotatable bonds is 1. The van der Waals surface area contributed by atoms with Crippen LogP contribution in [0.15, 0.2) is 23.7 Å². The van der Waals surface area contributed by atoms with Gasteiger partial charge in [0.05, 0.1) is 4.88 Å². The van der Waals surface area contributed by atoms with Crippen molar-refractivity contribution in [3.63, 3.8) is 0 Å². The summed E-state index contributed by atoms with van der Waals surface area (Å²) in [5.74, 6) is 0.700. The van der Waals surface area contributed by atoms with Gasteiger partial charge in [0.2, 0.25) is 0 Å². The van der Waals surface area contributed by atoms with E-state index in [2.05, 4.69) is 9.97 Å². The van der Waals surface area contributed by atoms with Crippen molar-refractivity contribution in [3.8, 4) is 10.7 Å². The van der Waals surface area contributed by atoms with Crippen molar-refractivity contribution in [1.82, 2.24) is 9.97 Å². The van der Waals surface area contributed by atoms with Crippen LogP contribution in [0.5, 0.6) is 0 Å². The van der Waals surface area contributed by atoms with Crippen LogP contribution in [-0.2, 0) is 0 Å². The molecule has 0 aromatic carbocycles. The maximum Gasteiger partial charge on any atom is 0.170 e. The molecule has 0 radical (unpaired) electrons. The fraction of sp³-hybridized carbons (Fsp3) is 0.111. The number of nitrogens with zero attached hydrogens (tertiary/aromatic N) is 2. The Morgan fingerprint density at radius 1 is 1.46 bits per heavy atom. The molecule has 4 heteroatoms. The highest BCUT2D eigenvalue weighted by Crippen LogP contribution is 2.22. The molecule has 0 unspecified atom stereocenters. The number of hydrogen-bond donors (Lipinski definition) is 0. The first-order valence-corrected chi connectivity index (χ1v) is 5.06. The van der Waals surface area contributed by atoms with Crippen LogP contribution in [0.2, 0.25) is 5.15 Å². The molecule has 0 saturated heterocycles. The second-order valence-corrected chi connectivity index (χ2v) is 3.95. The predicted molar refractivity (Wildman–Crippen MR) is 55.1 cm³/mol. The van der Waals surface area contributed by atoms with Gasteiger partial charge in [-0.2, -0.15) is 0 Å². The molecule has 2 nitrogen and oxygen atoms in total. The number of aromatic nitrogens is 2. The van der Waals surface area contributed by atoms with Gasteiger partial charge in [-0.25, -0.2) is 9.97 Å². The van der Waals surface area contributed by atoms with Crippen molar-refractivity contribution in [1.29, 1.82) is 0 Å². The average Bonchev–Trinajstić information content (AvgIpc) is 2.62. The molecule has 66 valence electrons. The molecule has 2 aromatic heterocycles. The van der Waals surface area contributed by atoms with Crippen molar-refractivity contribution in [2.45, 2.75) is 6.92 Å². The Hall–Kier alpha value is -0.930. The molecule has 0 bridgehead atoms. The fourth-order valence-corrected chi connectivity index (χ4v) is 1.74. The molecule has 0 fully saturated rings. The lowest BCUT2D eigenvalue weighted by molar-refractivity contribution is 1.15. The minimum Gasteiger partial charge on any atom is -0.235 e. The predicted octanol–water partition coefficient (Wildman–Crippen LogP) is 3.17. The van der Waals surface area contributed by atoms with Crippen LogP contribution in [0.4, 0.5) is 0 Å². The summed E-state index contributed by atoms with van der Waals surface area (Å²) in [5.41, 5.74) is 0.905. The van der Waals surface area contributed by atoms with Gasteiger partial charge in [-0.05, 0) is 18.4 Å². The highest BCUT2D eigenvalue weighted by Gasteiger charge is 2.04. The Morgan fingerprint density at radius 3 is 2.92 bits per heavy atom. The van der Waals surface area contributed by atoms with E-state index in [4.69, 9.17) is 11.6 Å². The van der Waals surface area contributed by atoms with E-state index < -0.39 is 0 Å². The maximum atomic E-state index is 5.88. The van der Waals surface area contributed by atoms with E-state index in [1.807, 2.05) is 24.4 Å². The summed E-state index contributed by atoms with van der Waals surface area (Å²) in [5, 5.41) is 2.52. The van der Waals surface area contributed by atoms with Crippen molar-refractivity contribution in [3.05, 3.63) is 34.4 Å². The summed E-state index contributed by atoms with van der Waals surface area (Å²) in [6.45, 7) is 1.89. The minimum atomic E-state index is 0.526. The summed E-state index contributed by atoms with van der Waals surface area (Å²) in [7, 11) is 0. The molecule has 0 aliphatic heterocycles. The molecule has 2 heterocycles. The minimum absolute atomic E-state index is 0.526. The standard InChI is InChI=1S/C9H7ClN2S/c1-6-5-11-9(12-8(6)10)7-3-2-4-13-7/h2-5H,1H3. The Kier molecular flexibility index (Phi) is 2.29. The average molecular weight is 211 g/mol. The first-order valence-electron chi connectivity index (χ1n) is 3.80. The van der Waals surface area contributed by atoms with E-state index in [0.717, 1.165) is 10.4 Å². The zero-order chi connectivity index (χ0) is 9.26. The molecule has 2 rings (SSSR count). The second-order valence-electron chi connectivity index (χ2n) is 2.64. The van der Waals surface area contributed by atoms with Crippen molar-refractivity contribution >= 4 is 22.9 Å². The summed E-state index contributed by atoms with van der Waals surface area (Å²) in [6, 6.07) is 3.95. The summed E-state index contributed by atoms with van der Waals surface area (Å²) in [6.07, 6.45) is 1.74. The van der Waals surface area contributed by atoms with Gasteiger partial charge < -0.3 is 0 Å². The Balaban J connectivity index is 2.49. The summed E-state index contributed by atoms with van der Waals surface area (Å²) < 4.78 is 0. The lowest BCUT2D eigenvalue weighted by Crippen LogP contribution is -1.89. The van der Waals surface area contributed by atoms with Gasteiger partial charge in [-0.1, -0.05) is 17.7 Å². The molecular weight excluding hydrogens is 204 g/mol. The zero-order valence-corrected chi connectivity index (χ0v) is 8.56. The quantitative estimate of drug-likeness (QED) is 0.676. The Labute approximate surface area is 85.2 Å². The van der Waals surface area contributed by atoms with Gasteiger partial charge in [0, 0.05) is 11.8 Å². The van der Waals surface area contributed by atoms with Crippen molar-refractivity contribution in [2.75, 3.05) is 0 Å². The third-order valence-electron chi connectivity index (χ3n) is 1.65. The Morgan fingerprint density at radius 2 is 2.31 bits per heavy atom. The van der Waals surface area contributed by atoms with Crippen LogP contribution >= 0.6 is 22.9 Å². The van der Waals surface area contributed by atoms with E-state index in [1.165, 1.54) is 0 Å². The largest absolute Gasteiger partial charge is 0.235 e. The van der Waals surface area contributed by atoms with Crippen LogP contribution < -0.4 is 0 Å². The van der Waals surface area contributed by atoms with Crippen LogP contribution in [0.25, 0.3) is 10.7 Å². The summed E-state index contributed by atoms with van der Waals surface area (Å²) >= 11 is 7.49. The van der Waals surface area contributed by atoms with E-state index in [9.17, 15) is 0 Å². The van der Waals surface area contributed by atoms with Crippen LogP contribution in [-0.4, -0.2) is 9.97 Å². The van der Waals surface area contributed by atoms with E-state index >= 15 is 0 Å². The van der Waals surface area contributed by atoms with Crippen LogP contribution in [0.1, 0.15) is 5.56 Å². The molecule has 0 amide bonds. The molecule has 13 heavy (non-hydrogen) atoms. The first kappa shape index (κ1) is 8.66. The van der Waals surface area contributed by atoms with E-state index in [1.54, 1.807) is 17.5 Å². The lowest BCUT2D eigenvalue weighted by atomic mass is 10.4. The molecule has 0 spiro atoms. The number of halogens is 1. The molecule has 0 aliphatic carbocycles. The molecule has 0 saturated carbocycles. The summed E-state index contributed by atoms with van der Waals surface area (Å²) in [4.78, 5) is 9.42. The zero-order valence-electron chi connectivity index (χ0n) is 6.99. The number of aryl methyl sites for hydroxylation is 1.